The van der Waals surface area contributed by atoms with Gasteiger partial charge in [-0.25, -0.2) is 4.98 Å². The highest BCUT2D eigenvalue weighted by Gasteiger charge is 2.35. The molecule has 0 saturated carbocycles. The number of hydrogen-bond acceptors (Lipinski definition) is 8. The number of aromatic nitrogens is 3. The third-order valence-electron chi connectivity index (χ3n) is 7.12. The molecule has 0 aliphatic carbocycles. The molecule has 5 heterocycles. The summed E-state index contributed by atoms with van der Waals surface area (Å²) in [5.74, 6) is 0.803. The first kappa shape index (κ1) is 28.6. The van der Waals surface area contributed by atoms with Crippen molar-refractivity contribution in [1.82, 2.24) is 14.5 Å². The zero-order chi connectivity index (χ0) is 29.1. The highest BCUT2D eigenvalue weighted by molar-refractivity contribution is 6.04. The number of anilines is 3. The molecule has 0 atom stereocenters. The smallest absolute Gasteiger partial charge is 0.378 e. The average molecular weight is 573 g/mol. The number of nitrogens with one attached hydrogen (secondary N) is 1. The maximum atomic E-state index is 13.5. The fraction of sp³-hybridized carbons (Fsp3) is 0.429. The molecular weight excluding hydrogens is 541 g/mol. The number of carbonyl (C=O) groups is 1. The lowest BCUT2D eigenvalue weighted by Crippen LogP contribution is -2.39. The van der Waals surface area contributed by atoms with Gasteiger partial charge in [0.15, 0.2) is 0 Å². The predicted octanol–water partition coefficient (Wildman–Crippen LogP) is 3.58. The summed E-state index contributed by atoms with van der Waals surface area (Å²) in [7, 11) is 0. The van der Waals surface area contributed by atoms with Crippen LogP contribution in [0.2, 0.25) is 0 Å². The summed E-state index contributed by atoms with van der Waals surface area (Å²) in [5, 5.41) is 2.65. The van der Waals surface area contributed by atoms with Crippen LogP contribution in [0, 0.1) is 6.92 Å². The fourth-order valence-corrected chi connectivity index (χ4v) is 4.86. The minimum Gasteiger partial charge on any atom is -0.378 e. The number of alkyl halides is 3. The standard InChI is InChI=1S/C28H31F3N6O4/c1-3-35-17-20(12-23(27(35)39)28(29,30)31)26(38)33-21-15-22(18(2)32-16-21)19-13-24(36-4-8-40-9-5-36)34-25(14-19)37-6-10-41-11-7-37/h12-17H,3-11H2,1-2H3,(H,33,38). The highest BCUT2D eigenvalue weighted by Crippen LogP contribution is 2.32. The minimum atomic E-state index is -4.89. The molecule has 2 aliphatic heterocycles. The average Bonchev–Trinajstić information content (AvgIpc) is 2.98. The van der Waals surface area contributed by atoms with E-state index in [-0.39, 0.29) is 12.1 Å². The van der Waals surface area contributed by atoms with Crippen LogP contribution in [0.15, 0.2) is 41.5 Å². The lowest BCUT2D eigenvalue weighted by molar-refractivity contribution is -0.139. The van der Waals surface area contributed by atoms with Gasteiger partial charge in [-0.05, 0) is 43.7 Å². The molecule has 0 radical (unpaired) electrons. The number of amides is 1. The molecule has 41 heavy (non-hydrogen) atoms. The Bertz CT molecular complexity index is 1440. The Kier molecular flexibility index (Phi) is 8.27. The summed E-state index contributed by atoms with van der Waals surface area (Å²) in [4.78, 5) is 38.9. The highest BCUT2D eigenvalue weighted by atomic mass is 19.4. The van der Waals surface area contributed by atoms with Gasteiger partial charge in [0, 0.05) is 50.2 Å². The van der Waals surface area contributed by atoms with Crippen LogP contribution in [0.5, 0.6) is 0 Å². The molecule has 0 spiro atoms. The monoisotopic (exact) mass is 572 g/mol. The maximum Gasteiger partial charge on any atom is 0.421 e. The Hall–Kier alpha value is -3.97. The topological polar surface area (TPSA) is 102 Å². The first-order valence-electron chi connectivity index (χ1n) is 13.4. The number of nitrogens with zero attached hydrogens (tertiary/aromatic N) is 5. The van der Waals surface area contributed by atoms with Crippen molar-refractivity contribution >= 4 is 23.2 Å². The zero-order valence-electron chi connectivity index (χ0n) is 22.8. The molecule has 2 saturated heterocycles. The van der Waals surface area contributed by atoms with Crippen molar-refractivity contribution in [2.24, 2.45) is 0 Å². The lowest BCUT2D eigenvalue weighted by Gasteiger charge is -2.32. The van der Waals surface area contributed by atoms with Gasteiger partial charge in [-0.15, -0.1) is 0 Å². The van der Waals surface area contributed by atoms with E-state index >= 15 is 0 Å². The van der Waals surface area contributed by atoms with Crippen molar-refractivity contribution in [3.8, 4) is 11.1 Å². The molecule has 5 rings (SSSR count). The van der Waals surface area contributed by atoms with Crippen LogP contribution >= 0.6 is 0 Å². The second-order valence-electron chi connectivity index (χ2n) is 9.81. The molecule has 13 heteroatoms. The first-order valence-corrected chi connectivity index (χ1v) is 13.4. The van der Waals surface area contributed by atoms with E-state index in [2.05, 4.69) is 20.1 Å². The van der Waals surface area contributed by atoms with E-state index in [0.29, 0.717) is 70.1 Å². The third kappa shape index (κ3) is 6.35. The van der Waals surface area contributed by atoms with Crippen molar-refractivity contribution in [2.75, 3.05) is 67.7 Å². The van der Waals surface area contributed by atoms with E-state index in [1.165, 1.54) is 13.1 Å². The second kappa shape index (κ2) is 11.9. The van der Waals surface area contributed by atoms with E-state index in [1.807, 2.05) is 19.1 Å². The van der Waals surface area contributed by atoms with Gasteiger partial charge >= 0.3 is 6.18 Å². The van der Waals surface area contributed by atoms with Gasteiger partial charge in [-0.3, -0.25) is 14.6 Å². The van der Waals surface area contributed by atoms with Gasteiger partial charge in [0.25, 0.3) is 11.5 Å². The van der Waals surface area contributed by atoms with E-state index in [0.717, 1.165) is 33.5 Å². The molecular formula is C28H31F3N6O4. The number of pyridine rings is 3. The fourth-order valence-electron chi connectivity index (χ4n) is 4.86. The van der Waals surface area contributed by atoms with Gasteiger partial charge in [-0.1, -0.05) is 0 Å². The van der Waals surface area contributed by atoms with Crippen molar-refractivity contribution < 1.29 is 27.4 Å². The molecule has 0 aromatic carbocycles. The molecule has 3 aromatic heterocycles. The number of ether oxygens (including phenoxy) is 2. The van der Waals surface area contributed by atoms with Crippen LogP contribution < -0.4 is 20.7 Å². The first-order chi connectivity index (χ1) is 19.6. The predicted molar refractivity (Wildman–Crippen MR) is 148 cm³/mol. The lowest BCUT2D eigenvalue weighted by atomic mass is 10.0. The third-order valence-corrected chi connectivity index (χ3v) is 7.12. The summed E-state index contributed by atoms with van der Waals surface area (Å²) in [6.45, 7) is 8.56. The number of morpholine rings is 2. The van der Waals surface area contributed by atoms with Crippen LogP contribution in [0.4, 0.5) is 30.5 Å². The molecule has 0 bridgehead atoms. The molecule has 0 unspecified atom stereocenters. The summed E-state index contributed by atoms with van der Waals surface area (Å²) in [6.07, 6.45) is -2.31. The normalized spacial score (nSPS) is 16.1. The van der Waals surface area contributed by atoms with Crippen LogP contribution in [0.3, 0.4) is 0 Å². The molecule has 2 fully saturated rings. The maximum absolute atomic E-state index is 13.5. The van der Waals surface area contributed by atoms with Crippen molar-refractivity contribution in [2.45, 2.75) is 26.6 Å². The molecule has 1 amide bonds. The van der Waals surface area contributed by atoms with Crippen LogP contribution in [0.1, 0.15) is 28.5 Å². The number of aryl methyl sites for hydroxylation is 2. The summed E-state index contributed by atoms with van der Waals surface area (Å²) in [5.41, 5.74) is -0.288. The Morgan fingerprint density at radius 1 is 0.976 bits per heavy atom. The van der Waals surface area contributed by atoms with Crippen LogP contribution in [-0.2, 0) is 22.2 Å². The Morgan fingerprint density at radius 2 is 1.56 bits per heavy atom. The molecule has 3 aromatic rings. The van der Waals surface area contributed by atoms with Crippen molar-refractivity contribution in [3.05, 3.63) is 63.8 Å². The van der Waals surface area contributed by atoms with Crippen molar-refractivity contribution in [3.63, 3.8) is 0 Å². The van der Waals surface area contributed by atoms with Gasteiger partial charge in [0.2, 0.25) is 0 Å². The number of halogens is 3. The van der Waals surface area contributed by atoms with E-state index < -0.39 is 23.2 Å². The largest absolute Gasteiger partial charge is 0.421 e. The van der Waals surface area contributed by atoms with E-state index in [9.17, 15) is 22.8 Å². The molecule has 2 aliphatic rings. The van der Waals surface area contributed by atoms with E-state index in [1.54, 1.807) is 6.07 Å². The summed E-state index contributed by atoms with van der Waals surface area (Å²) >= 11 is 0. The van der Waals surface area contributed by atoms with Crippen LogP contribution in [0.25, 0.3) is 11.1 Å². The molecule has 1 N–H and O–H groups in total. The Labute approximate surface area is 234 Å². The summed E-state index contributed by atoms with van der Waals surface area (Å²) < 4.78 is 52.3. The number of rotatable bonds is 6. The van der Waals surface area contributed by atoms with Gasteiger partial charge < -0.3 is 29.2 Å². The number of hydrogen-bond donors (Lipinski definition) is 1. The second-order valence-corrected chi connectivity index (χ2v) is 9.81. The zero-order valence-corrected chi connectivity index (χ0v) is 22.8. The van der Waals surface area contributed by atoms with Gasteiger partial charge in [0.1, 0.15) is 17.2 Å². The van der Waals surface area contributed by atoms with Gasteiger partial charge in [-0.2, -0.15) is 13.2 Å². The van der Waals surface area contributed by atoms with E-state index in [4.69, 9.17) is 14.5 Å². The molecule has 218 valence electrons. The van der Waals surface area contributed by atoms with Gasteiger partial charge in [0.05, 0.1) is 43.9 Å². The number of carbonyl (C=O) groups excluding carboxylic acids is 1. The molecule has 10 nitrogen and oxygen atoms in total. The Balaban J connectivity index is 1.49. The minimum absolute atomic E-state index is 0.0156. The van der Waals surface area contributed by atoms with Crippen molar-refractivity contribution in [1.29, 1.82) is 0 Å². The van der Waals surface area contributed by atoms with Crippen LogP contribution in [-0.4, -0.2) is 73.0 Å². The Morgan fingerprint density at radius 3 is 2.10 bits per heavy atom. The summed E-state index contributed by atoms with van der Waals surface area (Å²) in [6, 6.07) is 6.26. The quantitative estimate of drug-likeness (QED) is 0.479. The SMILES string of the molecule is CCn1cc(C(=O)Nc2cnc(C)c(-c3cc(N4CCOCC4)nc(N4CCOCC4)c3)c2)cc(C(F)(F)F)c1=O.